The highest BCUT2D eigenvalue weighted by molar-refractivity contribution is 6.35. The first-order valence-electron chi connectivity index (χ1n) is 13.4. The molecular weight excluding hydrogens is 590 g/mol. The number of hydrazine groups is 2. The lowest BCUT2D eigenvalue weighted by Gasteiger charge is -2.24. The number of halogens is 3. The Morgan fingerprint density at radius 2 is 1.75 bits per heavy atom. The maximum Gasteiger partial charge on any atom is 0.437 e. The summed E-state index contributed by atoms with van der Waals surface area (Å²) in [5, 5.41) is 36.0. The van der Waals surface area contributed by atoms with E-state index >= 15 is 0 Å². The first-order valence-corrected chi connectivity index (χ1v) is 13.8. The minimum atomic E-state index is -4.22. The maximum atomic E-state index is 14.2. The van der Waals surface area contributed by atoms with Crippen molar-refractivity contribution >= 4 is 39.8 Å². The fraction of sp³-hybridized carbons (Fsp3) is 0.161. The standard InChI is InChI=1S/C31H25ClF2N8O2/c32-24-15-22(38-28(20-10-5-2-6-11-20)26-18-42(41-40-26)31(33,34)30(43)44)14-23-27(21(16-36)17-37-29(23)24)39-25(12-7-13-35)19-8-3-1-4-9-19/h1-6,8-11,14-15,17-18,25,28,38,40-41H,7,12H2,(H,37,39)(H,43,44)/t25-,28+/m1/s1. The van der Waals surface area contributed by atoms with Gasteiger partial charge in [-0.25, -0.2) is 9.80 Å². The molecule has 0 saturated heterocycles. The number of fused-ring (bicyclic) bond motifs is 1. The maximum absolute atomic E-state index is 14.2. The zero-order valence-electron chi connectivity index (χ0n) is 22.9. The summed E-state index contributed by atoms with van der Waals surface area (Å²) in [6.07, 6.45) is 3.15. The van der Waals surface area contributed by atoms with E-state index in [1.165, 1.54) is 6.20 Å². The lowest BCUT2D eigenvalue weighted by molar-refractivity contribution is -0.196. The summed E-state index contributed by atoms with van der Waals surface area (Å²) in [6.45, 7) is 0. The molecule has 2 atom stereocenters. The van der Waals surface area contributed by atoms with Crippen LogP contribution in [0, 0.1) is 22.7 Å². The molecule has 0 unspecified atom stereocenters. The summed E-state index contributed by atoms with van der Waals surface area (Å²) in [7, 11) is 0. The number of nitrogens with zero attached hydrogens (tertiary/aromatic N) is 4. The minimum absolute atomic E-state index is 0.172. The highest BCUT2D eigenvalue weighted by Gasteiger charge is 2.47. The van der Waals surface area contributed by atoms with Crippen molar-refractivity contribution in [3.05, 3.63) is 113 Å². The number of nitriles is 2. The molecule has 2 heterocycles. The van der Waals surface area contributed by atoms with Crippen molar-refractivity contribution in [2.45, 2.75) is 31.0 Å². The van der Waals surface area contributed by atoms with Crippen LogP contribution in [0.15, 0.2) is 90.9 Å². The normalized spacial score (nSPS) is 14.1. The molecule has 0 radical (unpaired) electrons. The van der Waals surface area contributed by atoms with Crippen LogP contribution in [0.5, 0.6) is 0 Å². The number of alkyl halides is 2. The Morgan fingerprint density at radius 3 is 2.39 bits per heavy atom. The number of hydrogen-bond acceptors (Lipinski definition) is 9. The van der Waals surface area contributed by atoms with Gasteiger partial charge in [0.15, 0.2) is 0 Å². The molecule has 3 aromatic carbocycles. The second-order valence-electron chi connectivity index (χ2n) is 9.84. The molecule has 10 nitrogen and oxygen atoms in total. The predicted molar refractivity (Wildman–Crippen MR) is 161 cm³/mol. The van der Waals surface area contributed by atoms with Crippen LogP contribution in [0.2, 0.25) is 5.02 Å². The highest BCUT2D eigenvalue weighted by Crippen LogP contribution is 2.38. The quantitative estimate of drug-likeness (QED) is 0.123. The van der Waals surface area contributed by atoms with Crippen LogP contribution in [0.3, 0.4) is 0 Å². The van der Waals surface area contributed by atoms with E-state index in [0.29, 0.717) is 34.3 Å². The lowest BCUT2D eigenvalue weighted by atomic mass is 10.00. The summed E-state index contributed by atoms with van der Waals surface area (Å²) in [5.41, 5.74) is 8.27. The number of rotatable bonds is 11. The number of aliphatic carboxylic acids is 1. The molecule has 5 rings (SSSR count). The molecule has 222 valence electrons. The average Bonchev–Trinajstić information content (AvgIpc) is 3.54. The fourth-order valence-corrected chi connectivity index (χ4v) is 5.12. The van der Waals surface area contributed by atoms with Gasteiger partial charge in [0.05, 0.1) is 45.6 Å². The van der Waals surface area contributed by atoms with Crippen molar-refractivity contribution in [1.29, 1.82) is 10.5 Å². The van der Waals surface area contributed by atoms with Crippen LogP contribution >= 0.6 is 11.6 Å². The Balaban J connectivity index is 1.58. The number of pyridine rings is 1. The average molecular weight is 615 g/mol. The third-order valence-corrected chi connectivity index (χ3v) is 7.30. The summed E-state index contributed by atoms with van der Waals surface area (Å²) in [4.78, 5) is 15.6. The van der Waals surface area contributed by atoms with Crippen LogP contribution in [0.25, 0.3) is 10.9 Å². The number of carboxylic acid groups (broad SMARTS) is 1. The molecule has 44 heavy (non-hydrogen) atoms. The summed E-state index contributed by atoms with van der Waals surface area (Å²) >= 11 is 6.70. The minimum Gasteiger partial charge on any atom is -0.475 e. The second kappa shape index (κ2) is 12.8. The van der Waals surface area contributed by atoms with Crippen molar-refractivity contribution in [2.75, 3.05) is 10.6 Å². The van der Waals surface area contributed by atoms with E-state index in [2.05, 4.69) is 38.7 Å². The predicted octanol–water partition coefficient (Wildman–Crippen LogP) is 6.21. The zero-order valence-corrected chi connectivity index (χ0v) is 23.7. The number of aromatic nitrogens is 1. The molecule has 13 heteroatoms. The monoisotopic (exact) mass is 614 g/mol. The Labute approximate surface area is 256 Å². The topological polar surface area (TPSA) is 149 Å². The van der Waals surface area contributed by atoms with Gasteiger partial charge in [0.25, 0.3) is 0 Å². The Bertz CT molecular complexity index is 1790. The molecule has 4 aromatic rings. The van der Waals surface area contributed by atoms with Gasteiger partial charge in [-0.15, -0.1) is 5.53 Å². The second-order valence-corrected chi connectivity index (χ2v) is 10.3. The Morgan fingerprint density at radius 1 is 1.07 bits per heavy atom. The first-order chi connectivity index (χ1) is 21.2. The van der Waals surface area contributed by atoms with Crippen molar-refractivity contribution < 1.29 is 18.7 Å². The first kappa shape index (κ1) is 30.0. The SMILES string of the molecule is N#CCC[C@@H](Nc1c(C#N)cnc2c(Cl)cc(N[C@H](C3=CN(C(F)(F)C(=O)O)NN3)c3ccccc3)cc12)c1ccccc1. The van der Waals surface area contributed by atoms with Crippen LogP contribution in [-0.4, -0.2) is 27.1 Å². The van der Waals surface area contributed by atoms with Gasteiger partial charge < -0.3 is 21.2 Å². The van der Waals surface area contributed by atoms with E-state index in [-0.39, 0.29) is 33.8 Å². The fourth-order valence-electron chi connectivity index (χ4n) is 4.86. The van der Waals surface area contributed by atoms with Crippen molar-refractivity contribution in [3.8, 4) is 12.1 Å². The van der Waals surface area contributed by atoms with Gasteiger partial charge in [0, 0.05) is 29.9 Å². The number of anilines is 2. The van der Waals surface area contributed by atoms with Crippen LogP contribution in [-0.2, 0) is 4.79 Å². The Kier molecular flexibility index (Phi) is 8.76. The zero-order chi connectivity index (χ0) is 31.3. The van der Waals surface area contributed by atoms with Gasteiger partial charge in [-0.2, -0.15) is 19.3 Å². The lowest BCUT2D eigenvalue weighted by Crippen LogP contribution is -2.52. The molecule has 0 saturated carbocycles. The van der Waals surface area contributed by atoms with Crippen molar-refractivity contribution in [1.82, 2.24) is 21.0 Å². The summed E-state index contributed by atoms with van der Waals surface area (Å²) < 4.78 is 28.5. The number of hydrogen-bond donors (Lipinski definition) is 5. The van der Waals surface area contributed by atoms with Crippen LogP contribution < -0.4 is 21.6 Å². The van der Waals surface area contributed by atoms with Gasteiger partial charge in [0.2, 0.25) is 0 Å². The molecule has 1 aromatic heterocycles. The Hall–Kier alpha value is -5.43. The largest absolute Gasteiger partial charge is 0.475 e. The summed E-state index contributed by atoms with van der Waals surface area (Å²) in [5.74, 6) is -2.32. The van der Waals surface area contributed by atoms with Crippen molar-refractivity contribution in [2.24, 2.45) is 0 Å². The third kappa shape index (κ3) is 6.17. The van der Waals surface area contributed by atoms with E-state index in [0.717, 1.165) is 11.8 Å². The molecule has 0 amide bonds. The summed E-state index contributed by atoms with van der Waals surface area (Å²) in [6, 6.07) is 20.9. The number of carboxylic acids is 1. The molecule has 1 aliphatic heterocycles. The van der Waals surface area contributed by atoms with Gasteiger partial charge in [-0.3, -0.25) is 4.98 Å². The van der Waals surface area contributed by atoms with Gasteiger partial charge in [-0.1, -0.05) is 72.3 Å². The molecule has 5 N–H and O–H groups in total. The van der Waals surface area contributed by atoms with Crippen molar-refractivity contribution in [3.63, 3.8) is 0 Å². The molecule has 0 aliphatic carbocycles. The van der Waals surface area contributed by atoms with Gasteiger partial charge >= 0.3 is 12.0 Å². The third-order valence-electron chi connectivity index (χ3n) is 7.01. The molecular formula is C31H25ClF2N8O2. The molecule has 0 spiro atoms. The molecule has 0 fully saturated rings. The van der Waals surface area contributed by atoms with E-state index in [4.69, 9.17) is 16.7 Å². The van der Waals surface area contributed by atoms with E-state index < -0.39 is 18.1 Å². The van der Waals surface area contributed by atoms with E-state index in [1.54, 1.807) is 42.5 Å². The molecule has 0 bridgehead atoms. The van der Waals surface area contributed by atoms with Crippen LogP contribution in [0.4, 0.5) is 20.2 Å². The molecule has 1 aliphatic rings. The highest BCUT2D eigenvalue weighted by atomic mass is 35.5. The van der Waals surface area contributed by atoms with Gasteiger partial charge in [-0.05, 0) is 29.7 Å². The number of carbonyl (C=O) groups is 1. The van der Waals surface area contributed by atoms with E-state index in [1.807, 2.05) is 30.3 Å². The number of benzene rings is 3. The van der Waals surface area contributed by atoms with Gasteiger partial charge in [0.1, 0.15) is 6.07 Å². The smallest absolute Gasteiger partial charge is 0.437 e. The number of nitrogens with one attached hydrogen (secondary N) is 4. The van der Waals surface area contributed by atoms with Crippen LogP contribution in [0.1, 0.15) is 41.6 Å². The van der Waals surface area contributed by atoms with E-state index in [9.17, 15) is 24.1 Å².